The molecule has 7 nitrogen and oxygen atoms in total. The number of anilines is 1. The van der Waals surface area contributed by atoms with E-state index in [1.54, 1.807) is 10.7 Å². The van der Waals surface area contributed by atoms with Crippen LogP contribution in [-0.4, -0.2) is 76.1 Å². The maximum atomic E-state index is 12.9. The molecule has 7 heteroatoms. The number of hydrogen-bond donors (Lipinski definition) is 0. The minimum atomic E-state index is 0.181. The molecule has 0 spiro atoms. The first kappa shape index (κ1) is 16.3. The highest BCUT2D eigenvalue weighted by atomic mass is 16.2. The van der Waals surface area contributed by atoms with E-state index in [9.17, 15) is 4.79 Å². The van der Waals surface area contributed by atoms with Gasteiger partial charge in [-0.3, -0.25) is 4.79 Å². The summed E-state index contributed by atoms with van der Waals surface area (Å²) in [6.07, 6.45) is 5.79. The van der Waals surface area contributed by atoms with E-state index >= 15 is 0 Å². The normalized spacial score (nSPS) is 22.5. The Morgan fingerprint density at radius 1 is 1.20 bits per heavy atom. The molecule has 0 unspecified atom stereocenters. The summed E-state index contributed by atoms with van der Waals surface area (Å²) in [6.45, 7) is 8.52. The first-order chi connectivity index (χ1) is 12.2. The fourth-order valence-electron chi connectivity index (χ4n) is 3.93. The van der Waals surface area contributed by atoms with Gasteiger partial charge in [-0.25, -0.2) is 9.50 Å². The van der Waals surface area contributed by atoms with Gasteiger partial charge >= 0.3 is 0 Å². The molecule has 2 aromatic heterocycles. The van der Waals surface area contributed by atoms with Crippen LogP contribution in [0.2, 0.25) is 0 Å². The van der Waals surface area contributed by atoms with Crippen molar-refractivity contribution in [3.8, 4) is 0 Å². The van der Waals surface area contributed by atoms with Gasteiger partial charge < -0.3 is 14.7 Å². The maximum Gasteiger partial charge on any atom is 0.227 e. The Labute approximate surface area is 148 Å². The highest BCUT2D eigenvalue weighted by molar-refractivity contribution is 5.79. The smallest absolute Gasteiger partial charge is 0.227 e. The Morgan fingerprint density at radius 2 is 2.04 bits per heavy atom. The quantitative estimate of drug-likeness (QED) is 0.836. The molecule has 4 rings (SSSR count). The van der Waals surface area contributed by atoms with Gasteiger partial charge in [-0.15, -0.1) is 5.10 Å². The Bertz CT molecular complexity index is 736. The average molecular weight is 342 g/mol. The summed E-state index contributed by atoms with van der Waals surface area (Å²) >= 11 is 0. The second-order valence-electron chi connectivity index (χ2n) is 6.97. The van der Waals surface area contributed by atoms with E-state index in [1.807, 2.05) is 18.3 Å². The van der Waals surface area contributed by atoms with Crippen LogP contribution < -0.4 is 4.90 Å². The maximum absolute atomic E-state index is 12.9. The van der Waals surface area contributed by atoms with Gasteiger partial charge in [0.2, 0.25) is 5.91 Å². The number of hydrogen-bond acceptors (Lipinski definition) is 5. The van der Waals surface area contributed by atoms with Crippen molar-refractivity contribution in [1.82, 2.24) is 24.4 Å². The number of nitrogens with zero attached hydrogens (tertiary/aromatic N) is 6. The van der Waals surface area contributed by atoms with Gasteiger partial charge in [0.05, 0.1) is 5.92 Å². The zero-order valence-electron chi connectivity index (χ0n) is 14.8. The number of aromatic nitrogens is 3. The Kier molecular flexibility index (Phi) is 4.57. The van der Waals surface area contributed by atoms with Gasteiger partial charge in [0.25, 0.3) is 0 Å². The first-order valence-electron chi connectivity index (χ1n) is 9.31. The number of fused-ring (bicyclic) bond motifs is 1. The van der Waals surface area contributed by atoms with Crippen molar-refractivity contribution >= 4 is 17.4 Å². The number of likely N-dealkylation sites (tertiary alicyclic amines) is 1. The Hall–Kier alpha value is -2.15. The van der Waals surface area contributed by atoms with Crippen molar-refractivity contribution in [2.24, 2.45) is 5.92 Å². The van der Waals surface area contributed by atoms with Gasteiger partial charge in [-0.05, 0) is 38.1 Å². The monoisotopic (exact) mass is 342 g/mol. The summed E-state index contributed by atoms with van der Waals surface area (Å²) in [5.41, 5.74) is 0.857. The minimum Gasteiger partial charge on any atom is -0.352 e. The summed E-state index contributed by atoms with van der Waals surface area (Å²) in [4.78, 5) is 23.8. The summed E-state index contributed by atoms with van der Waals surface area (Å²) in [5.74, 6) is 1.48. The summed E-state index contributed by atoms with van der Waals surface area (Å²) in [6, 6.07) is 4.00. The fraction of sp³-hybridized carbons (Fsp3) is 0.611. The fourth-order valence-corrected chi connectivity index (χ4v) is 3.93. The number of amides is 1. The standard InChI is InChI=1S/C18H26N6O/c1-2-21-8-3-4-15(14-21)18(25)23-12-10-22(11-13-23)17-6-5-16-19-7-9-24(16)20-17/h5-7,9,15H,2-4,8,10-14H2,1H3/t15-/m0/s1. The number of imidazole rings is 1. The lowest BCUT2D eigenvalue weighted by molar-refractivity contribution is -0.137. The summed E-state index contributed by atoms with van der Waals surface area (Å²) in [7, 11) is 0. The van der Waals surface area contributed by atoms with E-state index in [0.29, 0.717) is 5.91 Å². The van der Waals surface area contributed by atoms with Crippen molar-refractivity contribution in [3.63, 3.8) is 0 Å². The number of piperazine rings is 1. The van der Waals surface area contributed by atoms with E-state index in [-0.39, 0.29) is 5.92 Å². The largest absolute Gasteiger partial charge is 0.352 e. The third kappa shape index (κ3) is 3.33. The Balaban J connectivity index is 1.36. The van der Waals surface area contributed by atoms with E-state index in [4.69, 9.17) is 0 Å². The number of rotatable bonds is 3. The van der Waals surface area contributed by atoms with Crippen LogP contribution in [0.4, 0.5) is 5.82 Å². The van der Waals surface area contributed by atoms with Crippen LogP contribution in [0, 0.1) is 5.92 Å². The van der Waals surface area contributed by atoms with Crippen LogP contribution in [0.5, 0.6) is 0 Å². The molecule has 4 heterocycles. The number of piperidine rings is 1. The third-order valence-corrected chi connectivity index (χ3v) is 5.46. The molecule has 1 atom stereocenters. The zero-order chi connectivity index (χ0) is 17.2. The van der Waals surface area contributed by atoms with E-state index < -0.39 is 0 Å². The SMILES string of the molecule is CCN1CCC[C@H](C(=O)N2CCN(c3ccc4nccn4n3)CC2)C1. The molecule has 134 valence electrons. The van der Waals surface area contributed by atoms with E-state index in [1.165, 1.54) is 0 Å². The highest BCUT2D eigenvalue weighted by Crippen LogP contribution is 2.21. The molecule has 1 amide bonds. The van der Waals surface area contributed by atoms with Crippen LogP contribution in [0.1, 0.15) is 19.8 Å². The van der Waals surface area contributed by atoms with Gasteiger partial charge in [0.15, 0.2) is 5.65 Å². The van der Waals surface area contributed by atoms with Crippen LogP contribution in [0.25, 0.3) is 5.65 Å². The molecular weight excluding hydrogens is 316 g/mol. The topological polar surface area (TPSA) is 57.0 Å². The van der Waals surface area contributed by atoms with Gasteiger partial charge in [0.1, 0.15) is 5.82 Å². The molecule has 2 saturated heterocycles. The first-order valence-corrected chi connectivity index (χ1v) is 9.31. The summed E-state index contributed by atoms with van der Waals surface area (Å²) < 4.78 is 1.80. The molecule has 25 heavy (non-hydrogen) atoms. The second-order valence-corrected chi connectivity index (χ2v) is 6.97. The molecule has 0 radical (unpaired) electrons. The van der Waals surface area contributed by atoms with Crippen LogP contribution >= 0.6 is 0 Å². The molecule has 0 aromatic carbocycles. The second kappa shape index (κ2) is 7.00. The average Bonchev–Trinajstić information content (AvgIpc) is 3.15. The van der Waals surface area contributed by atoms with Gasteiger partial charge in [-0.2, -0.15) is 0 Å². The van der Waals surface area contributed by atoms with E-state index in [0.717, 1.165) is 70.1 Å². The molecule has 0 bridgehead atoms. The minimum absolute atomic E-state index is 0.181. The lowest BCUT2D eigenvalue weighted by Gasteiger charge is -2.39. The molecular formula is C18H26N6O. The molecule has 2 fully saturated rings. The van der Waals surface area contributed by atoms with Crippen molar-refractivity contribution in [1.29, 1.82) is 0 Å². The molecule has 2 aromatic rings. The molecule has 2 aliphatic heterocycles. The van der Waals surface area contributed by atoms with Crippen molar-refractivity contribution in [2.45, 2.75) is 19.8 Å². The third-order valence-electron chi connectivity index (χ3n) is 5.46. The molecule has 0 saturated carbocycles. The number of carbonyl (C=O) groups excluding carboxylic acids is 1. The predicted molar refractivity (Wildman–Crippen MR) is 96.6 cm³/mol. The van der Waals surface area contributed by atoms with Crippen molar-refractivity contribution < 1.29 is 4.79 Å². The summed E-state index contributed by atoms with van der Waals surface area (Å²) in [5, 5.41) is 4.61. The Morgan fingerprint density at radius 3 is 2.84 bits per heavy atom. The zero-order valence-corrected chi connectivity index (χ0v) is 14.8. The lowest BCUT2D eigenvalue weighted by atomic mass is 9.96. The van der Waals surface area contributed by atoms with Crippen LogP contribution in [0.15, 0.2) is 24.5 Å². The van der Waals surface area contributed by atoms with Gasteiger partial charge in [0, 0.05) is 45.1 Å². The van der Waals surface area contributed by atoms with E-state index in [2.05, 4.69) is 31.7 Å². The number of carbonyl (C=O) groups is 1. The molecule has 2 aliphatic rings. The van der Waals surface area contributed by atoms with Crippen molar-refractivity contribution in [3.05, 3.63) is 24.5 Å². The van der Waals surface area contributed by atoms with Gasteiger partial charge in [-0.1, -0.05) is 6.92 Å². The lowest BCUT2D eigenvalue weighted by Crippen LogP contribution is -2.52. The molecule has 0 N–H and O–H groups in total. The molecule has 0 aliphatic carbocycles. The van der Waals surface area contributed by atoms with Crippen LogP contribution in [0.3, 0.4) is 0 Å². The van der Waals surface area contributed by atoms with Crippen LogP contribution in [-0.2, 0) is 4.79 Å². The van der Waals surface area contributed by atoms with Crippen molar-refractivity contribution in [2.75, 3.05) is 50.7 Å². The predicted octanol–water partition coefficient (Wildman–Crippen LogP) is 1.11. The highest BCUT2D eigenvalue weighted by Gasteiger charge is 2.30.